The SMILES string of the molecule is CC[C@@H](C(=O)NCc1ccc(CN(Cc2ncc(C)cc2C)C2CCCc3cccnc32)c(CO)c1)c1ccccc1. The van der Waals surface area contributed by atoms with Crippen molar-refractivity contribution < 1.29 is 9.90 Å². The first-order chi connectivity index (χ1) is 20.5. The molecule has 1 unspecified atom stereocenters. The second-order valence-electron chi connectivity index (χ2n) is 11.5. The van der Waals surface area contributed by atoms with E-state index in [-0.39, 0.29) is 24.5 Å². The molecule has 1 aliphatic carbocycles. The van der Waals surface area contributed by atoms with E-state index in [9.17, 15) is 9.90 Å². The fourth-order valence-corrected chi connectivity index (χ4v) is 6.20. The Labute approximate surface area is 249 Å². The molecule has 5 rings (SSSR count). The Morgan fingerprint density at radius 3 is 2.62 bits per heavy atom. The van der Waals surface area contributed by atoms with E-state index in [1.165, 1.54) is 11.1 Å². The smallest absolute Gasteiger partial charge is 0.227 e. The molecule has 0 fully saturated rings. The molecule has 0 radical (unpaired) electrons. The van der Waals surface area contributed by atoms with Gasteiger partial charge in [0.25, 0.3) is 0 Å². The molecule has 2 aromatic carbocycles. The van der Waals surface area contributed by atoms with Gasteiger partial charge in [0, 0.05) is 32.0 Å². The first kappa shape index (κ1) is 29.6. The molecule has 0 aliphatic heterocycles. The molecule has 2 aromatic heterocycles. The molecule has 2 heterocycles. The van der Waals surface area contributed by atoms with Gasteiger partial charge in [-0.2, -0.15) is 0 Å². The van der Waals surface area contributed by atoms with Crippen LogP contribution in [0.5, 0.6) is 0 Å². The highest BCUT2D eigenvalue weighted by molar-refractivity contribution is 5.83. The van der Waals surface area contributed by atoms with Crippen molar-refractivity contribution in [3.8, 4) is 0 Å². The Morgan fingerprint density at radius 2 is 1.86 bits per heavy atom. The molecule has 0 bridgehead atoms. The second kappa shape index (κ2) is 13.9. The number of pyridine rings is 2. The third kappa shape index (κ3) is 6.94. The van der Waals surface area contributed by atoms with Crippen LogP contribution in [0.25, 0.3) is 0 Å². The number of rotatable bonds is 11. The molecule has 1 aliphatic rings. The lowest BCUT2D eigenvalue weighted by atomic mass is 9.90. The van der Waals surface area contributed by atoms with Crippen LogP contribution in [-0.4, -0.2) is 25.9 Å². The number of hydrogen-bond acceptors (Lipinski definition) is 5. The van der Waals surface area contributed by atoms with Crippen molar-refractivity contribution in [1.82, 2.24) is 20.2 Å². The summed E-state index contributed by atoms with van der Waals surface area (Å²) in [5.74, 6) is -0.156. The molecule has 1 amide bonds. The summed E-state index contributed by atoms with van der Waals surface area (Å²) in [6.45, 7) is 7.97. The Hall–Kier alpha value is -3.87. The van der Waals surface area contributed by atoms with E-state index in [2.05, 4.69) is 48.3 Å². The summed E-state index contributed by atoms with van der Waals surface area (Å²) in [6, 6.07) is 22.7. The van der Waals surface area contributed by atoms with Gasteiger partial charge in [0.2, 0.25) is 5.91 Å². The summed E-state index contributed by atoms with van der Waals surface area (Å²) in [4.78, 5) is 25.1. The zero-order valence-corrected chi connectivity index (χ0v) is 25.0. The quantitative estimate of drug-likeness (QED) is 0.219. The van der Waals surface area contributed by atoms with E-state index < -0.39 is 0 Å². The lowest BCUT2D eigenvalue weighted by Gasteiger charge is -2.35. The van der Waals surface area contributed by atoms with Crippen molar-refractivity contribution in [2.24, 2.45) is 0 Å². The molecular formula is C36H42N4O2. The zero-order valence-electron chi connectivity index (χ0n) is 25.0. The maximum atomic E-state index is 13.0. The lowest BCUT2D eigenvalue weighted by molar-refractivity contribution is -0.122. The number of aliphatic hydroxyl groups excluding tert-OH is 1. The second-order valence-corrected chi connectivity index (χ2v) is 11.5. The number of hydrogen-bond donors (Lipinski definition) is 2. The van der Waals surface area contributed by atoms with Crippen LogP contribution in [0.1, 0.15) is 88.5 Å². The van der Waals surface area contributed by atoms with Crippen LogP contribution in [0.4, 0.5) is 0 Å². The largest absolute Gasteiger partial charge is 0.392 e. The minimum absolute atomic E-state index is 0.0222. The standard InChI is InChI=1S/C36H42N4O2/c1-4-32(28-10-6-5-7-11-28)36(42)39-21-27-15-16-30(31(19-27)24-41)22-40(23-33-26(3)18-25(2)20-38-33)34-14-8-12-29-13-9-17-37-35(29)34/h5-7,9-11,13,15-20,32,34,41H,4,8,12,14,21-24H2,1-3H3,(H,39,42)/t32-,34?/m1/s1. The van der Waals surface area contributed by atoms with E-state index >= 15 is 0 Å². The highest BCUT2D eigenvalue weighted by atomic mass is 16.3. The number of carbonyl (C=O) groups is 1. The van der Waals surface area contributed by atoms with Crippen LogP contribution in [0.2, 0.25) is 0 Å². The van der Waals surface area contributed by atoms with Crippen molar-refractivity contribution in [1.29, 1.82) is 0 Å². The summed E-state index contributed by atoms with van der Waals surface area (Å²) in [5, 5.41) is 13.5. The number of carbonyl (C=O) groups excluding carboxylic acids is 1. The predicted octanol–water partition coefficient (Wildman–Crippen LogP) is 6.48. The number of nitrogens with zero attached hydrogens (tertiary/aromatic N) is 3. The number of aryl methyl sites for hydroxylation is 3. The number of fused-ring (bicyclic) bond motifs is 1. The van der Waals surface area contributed by atoms with E-state index in [0.29, 0.717) is 19.6 Å². The number of aliphatic hydroxyl groups is 1. The van der Waals surface area contributed by atoms with E-state index in [1.54, 1.807) is 0 Å². The molecule has 2 atom stereocenters. The average molecular weight is 563 g/mol. The van der Waals surface area contributed by atoms with Crippen LogP contribution in [-0.2, 0) is 37.5 Å². The molecule has 0 saturated carbocycles. The molecule has 6 nitrogen and oxygen atoms in total. The molecule has 4 aromatic rings. The van der Waals surface area contributed by atoms with E-state index in [4.69, 9.17) is 9.97 Å². The molecule has 42 heavy (non-hydrogen) atoms. The Balaban J connectivity index is 1.37. The van der Waals surface area contributed by atoms with Crippen LogP contribution in [0.3, 0.4) is 0 Å². The summed E-state index contributed by atoms with van der Waals surface area (Å²) >= 11 is 0. The third-order valence-electron chi connectivity index (χ3n) is 8.49. The lowest BCUT2D eigenvalue weighted by Crippen LogP contribution is -2.32. The van der Waals surface area contributed by atoms with Crippen LogP contribution in [0.15, 0.2) is 79.1 Å². The van der Waals surface area contributed by atoms with Gasteiger partial charge in [-0.3, -0.25) is 19.7 Å². The van der Waals surface area contributed by atoms with Gasteiger partial charge < -0.3 is 10.4 Å². The average Bonchev–Trinajstić information content (AvgIpc) is 3.02. The fourth-order valence-electron chi connectivity index (χ4n) is 6.20. The number of nitrogens with one attached hydrogen (secondary N) is 1. The summed E-state index contributed by atoms with van der Waals surface area (Å²) < 4.78 is 0. The number of amides is 1. The van der Waals surface area contributed by atoms with Gasteiger partial charge in [-0.25, -0.2) is 0 Å². The minimum Gasteiger partial charge on any atom is -0.392 e. The monoisotopic (exact) mass is 562 g/mol. The topological polar surface area (TPSA) is 78.4 Å². The van der Waals surface area contributed by atoms with Crippen molar-refractivity contribution in [3.05, 3.63) is 129 Å². The Morgan fingerprint density at radius 1 is 1.02 bits per heavy atom. The van der Waals surface area contributed by atoms with Gasteiger partial charge in [-0.15, -0.1) is 0 Å². The number of benzene rings is 2. The zero-order chi connectivity index (χ0) is 29.5. The van der Waals surface area contributed by atoms with Gasteiger partial charge in [-0.1, -0.05) is 67.6 Å². The maximum absolute atomic E-state index is 13.0. The van der Waals surface area contributed by atoms with Crippen molar-refractivity contribution >= 4 is 5.91 Å². The van der Waals surface area contributed by atoms with Crippen LogP contribution >= 0.6 is 0 Å². The molecule has 0 spiro atoms. The highest BCUT2D eigenvalue weighted by Crippen LogP contribution is 2.35. The van der Waals surface area contributed by atoms with Crippen molar-refractivity contribution in [3.63, 3.8) is 0 Å². The van der Waals surface area contributed by atoms with Crippen molar-refractivity contribution in [2.75, 3.05) is 0 Å². The first-order valence-electron chi connectivity index (χ1n) is 15.1. The summed E-state index contributed by atoms with van der Waals surface area (Å²) in [6.07, 6.45) is 7.78. The van der Waals surface area contributed by atoms with E-state index in [0.717, 1.165) is 64.9 Å². The molecule has 2 N–H and O–H groups in total. The van der Waals surface area contributed by atoms with Crippen LogP contribution < -0.4 is 5.32 Å². The predicted molar refractivity (Wildman–Crippen MR) is 167 cm³/mol. The Kier molecular flexibility index (Phi) is 9.78. The molecule has 218 valence electrons. The first-order valence-corrected chi connectivity index (χ1v) is 15.1. The molecular weight excluding hydrogens is 520 g/mol. The van der Waals surface area contributed by atoms with Gasteiger partial charge in [0.15, 0.2) is 0 Å². The van der Waals surface area contributed by atoms with Crippen molar-refractivity contribution in [2.45, 2.75) is 84.7 Å². The van der Waals surface area contributed by atoms with Gasteiger partial charge in [0.05, 0.1) is 30.0 Å². The van der Waals surface area contributed by atoms with E-state index in [1.807, 2.05) is 61.8 Å². The van der Waals surface area contributed by atoms with Crippen LogP contribution in [0, 0.1) is 13.8 Å². The fraction of sp³-hybridized carbons (Fsp3) is 0.361. The Bertz CT molecular complexity index is 1500. The normalized spacial score (nSPS) is 15.3. The summed E-state index contributed by atoms with van der Waals surface area (Å²) in [7, 11) is 0. The third-order valence-corrected chi connectivity index (χ3v) is 8.49. The van der Waals surface area contributed by atoms with Gasteiger partial charge >= 0.3 is 0 Å². The van der Waals surface area contributed by atoms with Gasteiger partial charge in [-0.05, 0) is 84.5 Å². The molecule has 6 heteroatoms. The highest BCUT2D eigenvalue weighted by Gasteiger charge is 2.28. The number of aromatic nitrogens is 2. The molecule has 0 saturated heterocycles. The minimum atomic E-state index is -0.179. The maximum Gasteiger partial charge on any atom is 0.227 e. The van der Waals surface area contributed by atoms with Gasteiger partial charge in [0.1, 0.15) is 0 Å². The summed E-state index contributed by atoms with van der Waals surface area (Å²) in [5.41, 5.74) is 9.86.